The molecule has 1 fully saturated rings. The van der Waals surface area contributed by atoms with E-state index in [-0.39, 0.29) is 11.4 Å². The standard InChI is InChI=1S/C14H18ClNO4S/c1-2-7-14(13(17)18)8-4-9-16(14)21(19,20)12-6-3-5-11(15)10-12/h3,5-6,10H,2,4,7-9H2,1H3,(H,17,18). The van der Waals surface area contributed by atoms with Crippen molar-refractivity contribution in [1.82, 2.24) is 4.31 Å². The third-order valence-electron chi connectivity index (χ3n) is 3.87. The molecule has 0 amide bonds. The summed E-state index contributed by atoms with van der Waals surface area (Å²) in [6, 6.07) is 5.93. The SMILES string of the molecule is CCCC1(C(=O)O)CCCN1S(=O)(=O)c1cccc(Cl)c1. The van der Waals surface area contributed by atoms with Gasteiger partial charge in [-0.3, -0.25) is 4.79 Å². The normalized spacial score (nSPS) is 23.3. The minimum atomic E-state index is -3.87. The molecule has 21 heavy (non-hydrogen) atoms. The summed E-state index contributed by atoms with van der Waals surface area (Å²) in [5.41, 5.74) is -1.34. The third kappa shape index (κ3) is 2.80. The van der Waals surface area contributed by atoms with Gasteiger partial charge in [0.25, 0.3) is 0 Å². The minimum absolute atomic E-state index is 0.0404. The number of nitrogens with zero attached hydrogens (tertiary/aromatic N) is 1. The quantitative estimate of drug-likeness (QED) is 0.900. The summed E-state index contributed by atoms with van der Waals surface area (Å²) < 4.78 is 26.7. The highest BCUT2D eigenvalue weighted by Gasteiger charge is 2.52. The van der Waals surface area contributed by atoms with E-state index in [1.165, 1.54) is 12.1 Å². The second kappa shape index (κ2) is 5.94. The molecule has 2 rings (SSSR count). The van der Waals surface area contributed by atoms with Crippen molar-refractivity contribution >= 4 is 27.6 Å². The monoisotopic (exact) mass is 331 g/mol. The van der Waals surface area contributed by atoms with Gasteiger partial charge in [-0.05, 0) is 37.5 Å². The van der Waals surface area contributed by atoms with Crippen LogP contribution in [0.25, 0.3) is 0 Å². The highest BCUT2D eigenvalue weighted by Crippen LogP contribution is 2.38. The molecule has 0 radical (unpaired) electrons. The molecule has 1 aromatic rings. The highest BCUT2D eigenvalue weighted by molar-refractivity contribution is 7.89. The average Bonchev–Trinajstić information content (AvgIpc) is 2.85. The summed E-state index contributed by atoms with van der Waals surface area (Å²) in [5.74, 6) is -1.08. The molecule has 1 heterocycles. The molecule has 0 bridgehead atoms. The zero-order chi connectivity index (χ0) is 15.7. The molecule has 0 saturated carbocycles. The summed E-state index contributed by atoms with van der Waals surface area (Å²) >= 11 is 5.85. The molecule has 1 unspecified atom stereocenters. The summed E-state index contributed by atoms with van der Waals surface area (Å²) in [4.78, 5) is 11.8. The van der Waals surface area contributed by atoms with E-state index < -0.39 is 21.5 Å². The number of carboxylic acids is 1. The Hall–Kier alpha value is -1.11. The molecule has 1 aliphatic heterocycles. The van der Waals surface area contributed by atoms with Crippen molar-refractivity contribution in [2.24, 2.45) is 0 Å². The molecule has 0 aliphatic carbocycles. The lowest BCUT2D eigenvalue weighted by Crippen LogP contribution is -2.52. The van der Waals surface area contributed by atoms with Crippen molar-refractivity contribution < 1.29 is 18.3 Å². The largest absolute Gasteiger partial charge is 0.480 e. The first kappa shape index (κ1) is 16.3. The molecular formula is C14H18ClNO4S. The molecule has 5 nitrogen and oxygen atoms in total. The van der Waals surface area contributed by atoms with Crippen LogP contribution in [0, 0.1) is 0 Å². The van der Waals surface area contributed by atoms with Gasteiger partial charge >= 0.3 is 5.97 Å². The number of carbonyl (C=O) groups is 1. The number of aliphatic carboxylic acids is 1. The van der Waals surface area contributed by atoms with Crippen LogP contribution in [0.4, 0.5) is 0 Å². The maximum atomic E-state index is 12.8. The van der Waals surface area contributed by atoms with Crippen molar-refractivity contribution in [3.05, 3.63) is 29.3 Å². The Morgan fingerprint density at radius 3 is 2.76 bits per heavy atom. The first-order chi connectivity index (χ1) is 9.84. The molecule has 1 aliphatic rings. The fourth-order valence-corrected chi connectivity index (χ4v) is 5.07. The van der Waals surface area contributed by atoms with E-state index in [2.05, 4.69) is 0 Å². The van der Waals surface area contributed by atoms with E-state index in [1.54, 1.807) is 12.1 Å². The van der Waals surface area contributed by atoms with Crippen molar-refractivity contribution in [3.63, 3.8) is 0 Å². The molecule has 1 aromatic carbocycles. The minimum Gasteiger partial charge on any atom is -0.480 e. The van der Waals surface area contributed by atoms with Crippen LogP contribution in [0.2, 0.25) is 5.02 Å². The Morgan fingerprint density at radius 2 is 2.19 bits per heavy atom. The van der Waals surface area contributed by atoms with Crippen molar-refractivity contribution in [2.45, 2.75) is 43.0 Å². The van der Waals surface area contributed by atoms with E-state index in [0.29, 0.717) is 30.7 Å². The van der Waals surface area contributed by atoms with Gasteiger partial charge in [0.2, 0.25) is 10.0 Å². The van der Waals surface area contributed by atoms with Gasteiger partial charge in [0.1, 0.15) is 5.54 Å². The maximum Gasteiger partial charge on any atom is 0.325 e. The molecule has 116 valence electrons. The van der Waals surface area contributed by atoms with E-state index >= 15 is 0 Å². The van der Waals surface area contributed by atoms with Crippen LogP contribution in [0.5, 0.6) is 0 Å². The summed E-state index contributed by atoms with van der Waals surface area (Å²) in [6.45, 7) is 2.08. The Bertz CT molecular complexity index is 646. The van der Waals surface area contributed by atoms with Crippen LogP contribution in [-0.2, 0) is 14.8 Å². The molecular weight excluding hydrogens is 314 g/mol. The van der Waals surface area contributed by atoms with E-state index in [4.69, 9.17) is 11.6 Å². The van der Waals surface area contributed by atoms with Crippen LogP contribution in [-0.4, -0.2) is 35.9 Å². The molecule has 7 heteroatoms. The van der Waals surface area contributed by atoms with Crippen LogP contribution >= 0.6 is 11.6 Å². The number of carboxylic acid groups (broad SMARTS) is 1. The number of rotatable bonds is 5. The van der Waals surface area contributed by atoms with E-state index in [0.717, 1.165) is 4.31 Å². The number of hydrogen-bond donors (Lipinski definition) is 1. The number of sulfonamides is 1. The molecule has 0 spiro atoms. The fourth-order valence-electron chi connectivity index (χ4n) is 2.94. The Kier molecular flexibility index (Phi) is 4.60. The number of halogens is 1. The third-order valence-corrected chi connectivity index (χ3v) is 6.07. The van der Waals surface area contributed by atoms with Gasteiger partial charge in [0.15, 0.2) is 0 Å². The lowest BCUT2D eigenvalue weighted by atomic mass is 9.92. The molecule has 1 saturated heterocycles. The van der Waals surface area contributed by atoms with Crippen molar-refractivity contribution in [2.75, 3.05) is 6.54 Å². The van der Waals surface area contributed by atoms with Gasteiger partial charge in [-0.1, -0.05) is 31.0 Å². The van der Waals surface area contributed by atoms with Crippen LogP contribution in [0.1, 0.15) is 32.6 Å². The van der Waals surface area contributed by atoms with Gasteiger partial charge in [-0.15, -0.1) is 0 Å². The second-order valence-corrected chi connectivity index (χ2v) is 7.52. The molecule has 1 N–H and O–H groups in total. The van der Waals surface area contributed by atoms with Gasteiger partial charge in [-0.25, -0.2) is 8.42 Å². The zero-order valence-electron chi connectivity index (χ0n) is 11.8. The second-order valence-electron chi connectivity index (χ2n) is 5.22. The van der Waals surface area contributed by atoms with E-state index in [1.807, 2.05) is 6.92 Å². The Balaban J connectivity index is 2.50. The Labute approximate surface area is 129 Å². The average molecular weight is 332 g/mol. The summed E-state index contributed by atoms with van der Waals surface area (Å²) in [5, 5.41) is 9.91. The fraction of sp³-hybridized carbons (Fsp3) is 0.500. The summed E-state index contributed by atoms with van der Waals surface area (Å²) in [7, 11) is -3.87. The van der Waals surface area contributed by atoms with Crippen molar-refractivity contribution in [3.8, 4) is 0 Å². The Morgan fingerprint density at radius 1 is 1.48 bits per heavy atom. The number of benzene rings is 1. The first-order valence-electron chi connectivity index (χ1n) is 6.86. The maximum absolute atomic E-state index is 12.8. The van der Waals surface area contributed by atoms with Crippen LogP contribution < -0.4 is 0 Å². The molecule has 1 atom stereocenters. The lowest BCUT2D eigenvalue weighted by molar-refractivity contribution is -0.147. The first-order valence-corrected chi connectivity index (χ1v) is 8.68. The topological polar surface area (TPSA) is 74.7 Å². The van der Waals surface area contributed by atoms with Crippen LogP contribution in [0.3, 0.4) is 0 Å². The van der Waals surface area contributed by atoms with E-state index in [9.17, 15) is 18.3 Å². The highest BCUT2D eigenvalue weighted by atomic mass is 35.5. The predicted molar refractivity (Wildman–Crippen MR) is 79.9 cm³/mol. The van der Waals surface area contributed by atoms with Gasteiger partial charge in [-0.2, -0.15) is 4.31 Å². The lowest BCUT2D eigenvalue weighted by Gasteiger charge is -2.33. The summed E-state index contributed by atoms with van der Waals surface area (Å²) in [6.07, 6.45) is 1.80. The molecule has 0 aromatic heterocycles. The van der Waals surface area contributed by atoms with Crippen LogP contribution in [0.15, 0.2) is 29.2 Å². The van der Waals surface area contributed by atoms with Gasteiger partial charge in [0.05, 0.1) is 4.90 Å². The smallest absolute Gasteiger partial charge is 0.325 e. The number of hydrogen-bond acceptors (Lipinski definition) is 3. The predicted octanol–water partition coefficient (Wildman–Crippen LogP) is 2.75. The van der Waals surface area contributed by atoms with Gasteiger partial charge < -0.3 is 5.11 Å². The zero-order valence-corrected chi connectivity index (χ0v) is 13.3. The van der Waals surface area contributed by atoms with Crippen molar-refractivity contribution in [1.29, 1.82) is 0 Å². The van der Waals surface area contributed by atoms with Gasteiger partial charge in [0, 0.05) is 11.6 Å².